The molecule has 1 heterocycles. The average Bonchev–Trinajstić information content (AvgIpc) is 2.87. The summed E-state index contributed by atoms with van der Waals surface area (Å²) in [6, 6.07) is 15.4. The van der Waals surface area contributed by atoms with E-state index in [1.165, 1.54) is 0 Å². The fourth-order valence-corrected chi connectivity index (χ4v) is 2.50. The van der Waals surface area contributed by atoms with Gasteiger partial charge in [-0.1, -0.05) is 36.4 Å². The van der Waals surface area contributed by atoms with Gasteiger partial charge in [-0.25, -0.2) is 4.79 Å². The minimum absolute atomic E-state index is 0.136. The average molecular weight is 294 g/mol. The van der Waals surface area contributed by atoms with Crippen LogP contribution in [-0.4, -0.2) is 16.9 Å². The maximum Gasteiger partial charge on any atom is 0.372 e. The summed E-state index contributed by atoms with van der Waals surface area (Å²) in [7, 11) is 0. The fourth-order valence-electron chi connectivity index (χ4n) is 2.50. The zero-order chi connectivity index (χ0) is 15.7. The van der Waals surface area contributed by atoms with Crippen molar-refractivity contribution in [3.8, 4) is 0 Å². The van der Waals surface area contributed by atoms with E-state index >= 15 is 0 Å². The first-order valence-electron chi connectivity index (χ1n) is 6.73. The molecule has 22 heavy (non-hydrogen) atoms. The highest BCUT2D eigenvalue weighted by atomic mass is 16.4. The number of nitrogen functional groups attached to an aromatic ring is 1. The normalized spacial score (nSPS) is 10.7. The second-order valence-corrected chi connectivity index (χ2v) is 5.02. The third-order valence-electron chi connectivity index (χ3n) is 3.47. The Hall–Kier alpha value is -3.08. The van der Waals surface area contributed by atoms with E-state index in [0.29, 0.717) is 17.4 Å². The summed E-state index contributed by atoms with van der Waals surface area (Å²) in [5.74, 6) is -1.83. The topological polar surface area (TPSA) is 100 Å². The van der Waals surface area contributed by atoms with Crippen molar-refractivity contribution >= 4 is 22.8 Å². The molecule has 2 aromatic carbocycles. The zero-order valence-corrected chi connectivity index (χ0v) is 11.7. The van der Waals surface area contributed by atoms with Gasteiger partial charge in [0.1, 0.15) is 11.4 Å². The van der Waals surface area contributed by atoms with Crippen molar-refractivity contribution < 1.29 is 14.3 Å². The summed E-state index contributed by atoms with van der Waals surface area (Å²) >= 11 is 0. The molecular formula is C17H14N2O3. The number of rotatable bonds is 4. The lowest BCUT2D eigenvalue weighted by Crippen LogP contribution is -2.14. The number of furan rings is 1. The maximum atomic E-state index is 11.2. The van der Waals surface area contributed by atoms with Crippen LogP contribution in [0.25, 0.3) is 11.0 Å². The number of fused-ring (bicyclic) bond motifs is 1. The van der Waals surface area contributed by atoms with Crippen molar-refractivity contribution in [1.29, 1.82) is 5.41 Å². The summed E-state index contributed by atoms with van der Waals surface area (Å²) < 4.78 is 5.31. The molecule has 0 aliphatic rings. The molecule has 110 valence electrons. The van der Waals surface area contributed by atoms with Crippen LogP contribution in [0, 0.1) is 5.41 Å². The highest BCUT2D eigenvalue weighted by Crippen LogP contribution is 2.27. The molecule has 0 fully saturated rings. The lowest BCUT2D eigenvalue weighted by molar-refractivity contribution is 0.0664. The Morgan fingerprint density at radius 1 is 1.14 bits per heavy atom. The van der Waals surface area contributed by atoms with Crippen molar-refractivity contribution in [2.75, 3.05) is 0 Å². The van der Waals surface area contributed by atoms with E-state index < -0.39 is 5.97 Å². The van der Waals surface area contributed by atoms with Gasteiger partial charge in [0, 0.05) is 5.39 Å². The van der Waals surface area contributed by atoms with Crippen LogP contribution in [0.2, 0.25) is 0 Å². The quantitative estimate of drug-likeness (QED) is 0.508. The minimum Gasteiger partial charge on any atom is -0.475 e. The van der Waals surface area contributed by atoms with Crippen LogP contribution in [-0.2, 0) is 6.42 Å². The van der Waals surface area contributed by atoms with Gasteiger partial charge in [-0.3, -0.25) is 5.41 Å². The van der Waals surface area contributed by atoms with Crippen LogP contribution >= 0.6 is 0 Å². The van der Waals surface area contributed by atoms with Crippen molar-refractivity contribution in [1.82, 2.24) is 0 Å². The molecule has 0 atom stereocenters. The summed E-state index contributed by atoms with van der Waals surface area (Å²) in [6.45, 7) is 0. The summed E-state index contributed by atoms with van der Waals surface area (Å²) in [5.41, 5.74) is 8.22. The second kappa shape index (κ2) is 5.37. The van der Waals surface area contributed by atoms with E-state index in [4.69, 9.17) is 15.6 Å². The van der Waals surface area contributed by atoms with E-state index in [-0.39, 0.29) is 17.2 Å². The van der Waals surface area contributed by atoms with Crippen molar-refractivity contribution in [3.05, 3.63) is 71.0 Å². The van der Waals surface area contributed by atoms with Crippen molar-refractivity contribution in [3.63, 3.8) is 0 Å². The molecule has 0 unspecified atom stereocenters. The van der Waals surface area contributed by atoms with Crippen molar-refractivity contribution in [2.45, 2.75) is 6.42 Å². The Labute approximate surface area is 126 Å². The number of nitrogens with one attached hydrogen (secondary N) is 1. The highest BCUT2D eigenvalue weighted by Gasteiger charge is 2.22. The third-order valence-corrected chi connectivity index (χ3v) is 3.47. The molecule has 4 N–H and O–H groups in total. The molecule has 0 aliphatic heterocycles. The molecule has 3 rings (SSSR count). The predicted octanol–water partition coefficient (Wildman–Crippen LogP) is 3.01. The molecule has 0 bridgehead atoms. The van der Waals surface area contributed by atoms with Gasteiger partial charge < -0.3 is 15.3 Å². The molecule has 0 saturated heterocycles. The SMILES string of the molecule is N=C(N)c1c(C(=O)O)oc2ccc(Cc3ccccc3)cc12. The number of hydrogen-bond acceptors (Lipinski definition) is 3. The Morgan fingerprint density at radius 3 is 2.50 bits per heavy atom. The standard InChI is InChI=1S/C17H14N2O3/c18-16(19)14-12-9-11(8-10-4-2-1-3-5-10)6-7-13(12)22-15(14)17(20)21/h1-7,9H,8H2,(H3,18,19)(H,20,21). The molecule has 3 aromatic rings. The highest BCUT2D eigenvalue weighted by molar-refractivity contribution is 6.13. The Morgan fingerprint density at radius 2 is 1.86 bits per heavy atom. The van der Waals surface area contributed by atoms with Crippen molar-refractivity contribution in [2.24, 2.45) is 5.73 Å². The Kier molecular flexibility index (Phi) is 3.39. The second-order valence-electron chi connectivity index (χ2n) is 5.02. The molecule has 0 aliphatic carbocycles. The van der Waals surface area contributed by atoms with E-state index in [1.807, 2.05) is 42.5 Å². The van der Waals surface area contributed by atoms with Gasteiger partial charge in [-0.2, -0.15) is 0 Å². The first-order valence-corrected chi connectivity index (χ1v) is 6.73. The zero-order valence-electron chi connectivity index (χ0n) is 11.7. The number of nitrogens with two attached hydrogens (primary N) is 1. The van der Waals surface area contributed by atoms with Crippen LogP contribution in [0.1, 0.15) is 27.2 Å². The largest absolute Gasteiger partial charge is 0.475 e. The van der Waals surface area contributed by atoms with Gasteiger partial charge in [-0.15, -0.1) is 0 Å². The lowest BCUT2D eigenvalue weighted by atomic mass is 10.0. The third kappa shape index (κ3) is 2.44. The first-order chi connectivity index (χ1) is 10.6. The lowest BCUT2D eigenvalue weighted by Gasteiger charge is -2.02. The summed E-state index contributed by atoms with van der Waals surface area (Å²) in [6.07, 6.45) is 0.710. The Bertz CT molecular complexity index is 866. The maximum absolute atomic E-state index is 11.2. The molecule has 1 aromatic heterocycles. The van der Waals surface area contributed by atoms with E-state index in [2.05, 4.69) is 0 Å². The van der Waals surface area contributed by atoms with Crippen LogP contribution in [0.5, 0.6) is 0 Å². The molecule has 5 nitrogen and oxygen atoms in total. The monoisotopic (exact) mass is 294 g/mol. The molecular weight excluding hydrogens is 280 g/mol. The molecule has 5 heteroatoms. The fraction of sp³-hybridized carbons (Fsp3) is 0.0588. The minimum atomic E-state index is -1.23. The van der Waals surface area contributed by atoms with E-state index in [1.54, 1.807) is 6.07 Å². The van der Waals surface area contributed by atoms with E-state index in [9.17, 15) is 9.90 Å². The van der Waals surface area contributed by atoms with Gasteiger partial charge in [0.2, 0.25) is 5.76 Å². The van der Waals surface area contributed by atoms with Crippen LogP contribution in [0.3, 0.4) is 0 Å². The number of carbonyl (C=O) groups is 1. The summed E-state index contributed by atoms with van der Waals surface area (Å²) in [4.78, 5) is 11.2. The predicted molar refractivity (Wildman–Crippen MR) is 83.4 cm³/mol. The molecule has 0 saturated carbocycles. The smallest absolute Gasteiger partial charge is 0.372 e. The molecule has 0 spiro atoms. The number of carboxylic acids is 1. The van der Waals surface area contributed by atoms with Crippen LogP contribution in [0.4, 0.5) is 0 Å². The van der Waals surface area contributed by atoms with Crippen LogP contribution < -0.4 is 5.73 Å². The number of benzene rings is 2. The number of hydrogen-bond donors (Lipinski definition) is 3. The number of carboxylic acid groups (broad SMARTS) is 1. The van der Waals surface area contributed by atoms with Gasteiger partial charge in [0.15, 0.2) is 0 Å². The number of amidine groups is 1. The van der Waals surface area contributed by atoms with Gasteiger partial charge in [0.25, 0.3) is 0 Å². The first kappa shape index (κ1) is 13.9. The molecule has 0 radical (unpaired) electrons. The summed E-state index contributed by atoms with van der Waals surface area (Å²) in [5, 5.41) is 17.3. The number of aromatic carboxylic acids is 1. The Balaban J connectivity index is 2.10. The van der Waals surface area contributed by atoms with Crippen LogP contribution in [0.15, 0.2) is 52.9 Å². The van der Waals surface area contributed by atoms with Gasteiger partial charge in [0.05, 0.1) is 5.56 Å². The van der Waals surface area contributed by atoms with Gasteiger partial charge in [-0.05, 0) is 29.7 Å². The van der Waals surface area contributed by atoms with Gasteiger partial charge >= 0.3 is 5.97 Å². The van der Waals surface area contributed by atoms with E-state index in [0.717, 1.165) is 11.1 Å². The molecule has 0 amide bonds.